The lowest BCUT2D eigenvalue weighted by atomic mass is 9.85. The number of unbranched alkanes of at least 4 members (excludes halogenated alkanes) is 3. The first-order chi connectivity index (χ1) is 34.6. The number of allylic oxidation sites excluding steroid dienone is 18. The van der Waals surface area contributed by atoms with Gasteiger partial charge in [0, 0.05) is 12.8 Å². The highest BCUT2D eigenvalue weighted by atomic mass is 31.2. The third-order valence-corrected chi connectivity index (χ3v) is 12.5. The summed E-state index contributed by atoms with van der Waals surface area (Å²) in [6.45, 7) is 2.83. The number of phosphoric acid groups is 2. The number of aliphatic hydroxyl groups excluding tert-OH is 4. The molecule has 0 radical (unpaired) electrons. The average molecular weight is 1050 g/mol. The molecule has 19 heteroatoms. The van der Waals surface area contributed by atoms with E-state index >= 15 is 0 Å². The van der Waals surface area contributed by atoms with Crippen molar-refractivity contribution in [1.82, 2.24) is 0 Å². The van der Waals surface area contributed by atoms with E-state index in [1.807, 2.05) is 42.5 Å². The molecule has 10 atom stereocenters. The summed E-state index contributed by atoms with van der Waals surface area (Å²) in [4.78, 5) is 54.3. The molecule has 0 aromatic carbocycles. The molecule has 1 saturated carbocycles. The van der Waals surface area contributed by atoms with E-state index in [1.165, 1.54) is 19.3 Å². The number of carbonyl (C=O) groups is 2. The van der Waals surface area contributed by atoms with Gasteiger partial charge in [0.25, 0.3) is 0 Å². The van der Waals surface area contributed by atoms with Gasteiger partial charge >= 0.3 is 27.6 Å². The van der Waals surface area contributed by atoms with Gasteiger partial charge in [0.2, 0.25) is 0 Å². The maximum Gasteiger partial charge on any atom is 0.472 e. The molecule has 0 aromatic rings. The average Bonchev–Trinajstić information content (AvgIpc) is 4.10. The van der Waals surface area contributed by atoms with Crippen LogP contribution < -0.4 is 0 Å². The van der Waals surface area contributed by atoms with Crippen LogP contribution in [0.5, 0.6) is 0 Å². The summed E-state index contributed by atoms with van der Waals surface area (Å²) in [5, 5.41) is 41.3. The zero-order valence-corrected chi connectivity index (χ0v) is 43.8. The summed E-state index contributed by atoms with van der Waals surface area (Å²) in [5.41, 5.74) is 0. The molecule has 7 unspecified atom stereocenters. The minimum atomic E-state index is -5.39. The van der Waals surface area contributed by atoms with Gasteiger partial charge in [-0.2, -0.15) is 0 Å². The number of hydrogen-bond donors (Lipinski definition) is 7. The number of phosphoric ester groups is 2. The molecule has 1 aliphatic heterocycles. The van der Waals surface area contributed by atoms with Gasteiger partial charge in [-0.1, -0.05) is 148 Å². The highest BCUT2D eigenvalue weighted by Crippen LogP contribution is 2.49. The molecule has 2 rings (SSSR count). The summed E-state index contributed by atoms with van der Waals surface area (Å²) < 4.78 is 55.0. The van der Waals surface area contributed by atoms with Crippen molar-refractivity contribution in [2.45, 2.75) is 184 Å². The van der Waals surface area contributed by atoms with E-state index in [0.717, 1.165) is 57.8 Å². The lowest BCUT2D eigenvalue weighted by Crippen LogP contribution is -2.64. The molecule has 1 saturated heterocycles. The number of esters is 2. The molecular weight excluding hydrogens is 971 g/mol. The summed E-state index contributed by atoms with van der Waals surface area (Å²) in [6, 6.07) is 0. The third kappa shape index (κ3) is 31.8. The van der Waals surface area contributed by atoms with E-state index in [2.05, 4.69) is 91.3 Å². The Labute approximate surface area is 426 Å². The topological polar surface area (TPSA) is 269 Å². The molecule has 72 heavy (non-hydrogen) atoms. The zero-order valence-electron chi connectivity index (χ0n) is 42.0. The number of epoxide rings is 1. The van der Waals surface area contributed by atoms with Gasteiger partial charge in [-0.3, -0.25) is 23.2 Å². The lowest BCUT2D eigenvalue weighted by Gasteiger charge is -2.43. The van der Waals surface area contributed by atoms with E-state index in [1.54, 1.807) is 6.08 Å². The number of carbonyl (C=O) groups excluding carboxylic acids is 2. The Balaban J connectivity index is 1.83. The van der Waals surface area contributed by atoms with Crippen LogP contribution in [-0.2, 0) is 46.5 Å². The first-order valence-electron chi connectivity index (χ1n) is 25.2. The van der Waals surface area contributed by atoms with Gasteiger partial charge < -0.3 is 49.3 Å². The standard InChI is InChI=1S/C53H82O17P2/c1-3-5-7-8-9-10-11-12-13-14-15-16-17-18-22-25-28-31-35-39-46(54)65-41-43(42-66-72(63,64)70-53-50(58)48(56)49(57)52(51(53)59)69-71(60,61)62)67-47(55)40-36-32-29-26-23-20-19-21-24-27-30-34-38-45-44(68-45)37-33-6-4-2/h6,9-10,12-13,15-16,18,20-24,28-34,43-45,48-53,56-59H,3-5,7-8,11,14,17,19,25-27,35-42H2,1-2H3,(H,63,64)(H2,60,61,62)/b10-9-,13-12-,16-15-,22-18-,23-20-,24-21-,31-28-,32-29-,33-6-,34-30-/t43-,44?,45?,48?,49?,50?,51?,52-,53+/m1/s1. The quantitative estimate of drug-likeness (QED) is 0.00993. The molecule has 0 aromatic heterocycles. The monoisotopic (exact) mass is 1050 g/mol. The Morgan fingerprint density at radius 1 is 0.514 bits per heavy atom. The van der Waals surface area contributed by atoms with Crippen LogP contribution >= 0.6 is 15.6 Å². The number of aliphatic hydroxyl groups is 4. The van der Waals surface area contributed by atoms with Crippen molar-refractivity contribution in [3.05, 3.63) is 122 Å². The van der Waals surface area contributed by atoms with Crippen LogP contribution in [-0.4, -0.2) is 115 Å². The van der Waals surface area contributed by atoms with Crippen molar-refractivity contribution in [2.24, 2.45) is 0 Å². The van der Waals surface area contributed by atoms with Crippen LogP contribution in [0, 0.1) is 0 Å². The Kier molecular flexibility index (Phi) is 34.8. The van der Waals surface area contributed by atoms with Gasteiger partial charge in [-0.05, 0) is 89.9 Å². The van der Waals surface area contributed by atoms with Gasteiger partial charge in [0.05, 0.1) is 18.8 Å². The smallest absolute Gasteiger partial charge is 0.462 e. The molecule has 0 spiro atoms. The molecule has 2 aliphatic rings. The normalized spacial score (nSPS) is 24.6. The molecule has 7 N–H and O–H groups in total. The Morgan fingerprint density at radius 2 is 0.944 bits per heavy atom. The maximum atomic E-state index is 13.0. The Morgan fingerprint density at radius 3 is 1.42 bits per heavy atom. The molecule has 0 bridgehead atoms. The largest absolute Gasteiger partial charge is 0.472 e. The van der Waals surface area contributed by atoms with Crippen molar-refractivity contribution >= 4 is 27.6 Å². The van der Waals surface area contributed by atoms with E-state index in [4.69, 9.17) is 23.3 Å². The van der Waals surface area contributed by atoms with Gasteiger partial charge in [-0.15, -0.1) is 0 Å². The summed E-state index contributed by atoms with van der Waals surface area (Å²) >= 11 is 0. The summed E-state index contributed by atoms with van der Waals surface area (Å²) in [5.74, 6) is -1.42. The van der Waals surface area contributed by atoms with E-state index < -0.39 is 83.5 Å². The minimum Gasteiger partial charge on any atom is -0.462 e. The van der Waals surface area contributed by atoms with Crippen LogP contribution in [0.1, 0.15) is 129 Å². The van der Waals surface area contributed by atoms with Gasteiger partial charge in [0.15, 0.2) is 6.10 Å². The Hall–Kier alpha value is -3.64. The van der Waals surface area contributed by atoms with Crippen molar-refractivity contribution in [2.75, 3.05) is 13.2 Å². The summed E-state index contributed by atoms with van der Waals surface area (Å²) in [6.07, 6.45) is 40.7. The third-order valence-electron chi connectivity index (χ3n) is 10.9. The van der Waals surface area contributed by atoms with Crippen LogP contribution in [0.4, 0.5) is 0 Å². The fraction of sp³-hybridized carbons (Fsp3) is 0.585. The van der Waals surface area contributed by atoms with Crippen molar-refractivity contribution in [3.8, 4) is 0 Å². The van der Waals surface area contributed by atoms with E-state index in [0.29, 0.717) is 31.5 Å². The van der Waals surface area contributed by atoms with Crippen molar-refractivity contribution in [3.63, 3.8) is 0 Å². The van der Waals surface area contributed by atoms with Crippen LogP contribution in [0.2, 0.25) is 0 Å². The van der Waals surface area contributed by atoms with Crippen molar-refractivity contribution < 1.29 is 81.6 Å². The molecule has 0 amide bonds. The molecule has 2 fully saturated rings. The maximum absolute atomic E-state index is 13.0. The SMILES string of the molecule is CC/C=C\CC1OC1C/C=C\C/C=C\C/C=C\C/C=C\CCC(=O)O[C@H](COC(=O)CC/C=C\C/C=C\C/C=C\C/C=C\C/C=C\CCCCC)COP(=O)(O)O[C@H]1C(O)C(O)C(O)[C@@H](OP(=O)(O)O)C1O. The van der Waals surface area contributed by atoms with Crippen molar-refractivity contribution in [1.29, 1.82) is 0 Å². The zero-order chi connectivity index (χ0) is 52.9. The van der Waals surface area contributed by atoms with E-state index in [9.17, 15) is 53.8 Å². The minimum absolute atomic E-state index is 0.0285. The van der Waals surface area contributed by atoms with E-state index in [-0.39, 0.29) is 19.3 Å². The van der Waals surface area contributed by atoms with Crippen LogP contribution in [0.25, 0.3) is 0 Å². The number of hydrogen-bond acceptors (Lipinski definition) is 14. The van der Waals surface area contributed by atoms with Crippen LogP contribution in [0.3, 0.4) is 0 Å². The second-order valence-corrected chi connectivity index (χ2v) is 19.8. The predicted molar refractivity (Wildman–Crippen MR) is 277 cm³/mol. The highest BCUT2D eigenvalue weighted by Gasteiger charge is 2.54. The lowest BCUT2D eigenvalue weighted by molar-refractivity contribution is -0.216. The molecule has 1 heterocycles. The van der Waals surface area contributed by atoms with Gasteiger partial charge in [-0.25, -0.2) is 9.13 Å². The molecule has 17 nitrogen and oxygen atoms in total. The fourth-order valence-corrected chi connectivity index (χ4v) is 8.50. The first-order valence-corrected chi connectivity index (χ1v) is 28.2. The fourth-order valence-electron chi connectivity index (χ4n) is 6.96. The first kappa shape index (κ1) is 64.5. The summed E-state index contributed by atoms with van der Waals surface area (Å²) in [7, 11) is -10.7. The predicted octanol–water partition coefficient (Wildman–Crippen LogP) is 9.27. The van der Waals surface area contributed by atoms with Gasteiger partial charge in [0.1, 0.15) is 43.2 Å². The second-order valence-electron chi connectivity index (χ2n) is 17.2. The number of rotatable bonds is 39. The molecule has 1 aliphatic carbocycles. The number of ether oxygens (including phenoxy) is 3. The van der Waals surface area contributed by atoms with Crippen LogP contribution in [0.15, 0.2) is 122 Å². The Bertz CT molecular complexity index is 1910. The highest BCUT2D eigenvalue weighted by molar-refractivity contribution is 7.47. The molecule has 406 valence electrons. The second kappa shape index (κ2) is 38.9. The molecular formula is C53H82O17P2.